The Hall–Kier alpha value is -2.49. The van der Waals surface area contributed by atoms with Gasteiger partial charge in [-0.3, -0.25) is 14.5 Å². The molecule has 0 spiro atoms. The van der Waals surface area contributed by atoms with Gasteiger partial charge in [0.15, 0.2) is 11.4 Å². The summed E-state index contributed by atoms with van der Waals surface area (Å²) in [5, 5.41) is 11.0. The van der Waals surface area contributed by atoms with E-state index in [2.05, 4.69) is 21.9 Å². The van der Waals surface area contributed by atoms with E-state index in [0.717, 1.165) is 12.1 Å². The van der Waals surface area contributed by atoms with E-state index < -0.39 is 29.5 Å². The molecule has 3 rings (SSSR count). The van der Waals surface area contributed by atoms with E-state index in [0.29, 0.717) is 15.7 Å². The minimum absolute atomic E-state index is 0.0134. The Balaban J connectivity index is 2.01. The molecule has 1 N–H and O–H groups in total. The topological polar surface area (TPSA) is 57.6 Å². The van der Waals surface area contributed by atoms with Gasteiger partial charge in [-0.25, -0.2) is 4.39 Å². The lowest BCUT2D eigenvalue weighted by Crippen LogP contribution is -2.42. The molecule has 0 saturated carbocycles. The van der Waals surface area contributed by atoms with Gasteiger partial charge in [-0.2, -0.15) is 0 Å². The van der Waals surface area contributed by atoms with Crippen LogP contribution < -0.4 is 4.90 Å². The Bertz CT molecular complexity index is 904. The SMILES string of the molecule is C#CCN1C(=O)[C@@](O)(CC(=O)c2ccc(F)cc2)c2cc(Br)ccc21. The molecule has 0 fully saturated rings. The molecule has 6 heteroatoms. The molecule has 2 aromatic rings. The zero-order chi connectivity index (χ0) is 18.2. The van der Waals surface area contributed by atoms with Crippen molar-refractivity contribution in [3.05, 3.63) is 63.9 Å². The van der Waals surface area contributed by atoms with Gasteiger partial charge in [-0.1, -0.05) is 21.9 Å². The van der Waals surface area contributed by atoms with Crippen LogP contribution in [0.4, 0.5) is 10.1 Å². The fourth-order valence-electron chi connectivity index (χ4n) is 2.91. The summed E-state index contributed by atoms with van der Waals surface area (Å²) >= 11 is 3.31. The van der Waals surface area contributed by atoms with Crippen molar-refractivity contribution in [1.29, 1.82) is 0 Å². The molecule has 1 aliphatic heterocycles. The first-order valence-corrected chi connectivity index (χ1v) is 8.22. The molecule has 0 bridgehead atoms. The summed E-state index contributed by atoms with van der Waals surface area (Å²) in [6.07, 6.45) is 4.86. The highest BCUT2D eigenvalue weighted by Gasteiger charge is 2.50. The number of halogens is 2. The van der Waals surface area contributed by atoms with Crippen molar-refractivity contribution in [3.63, 3.8) is 0 Å². The van der Waals surface area contributed by atoms with Crippen LogP contribution in [0, 0.1) is 18.2 Å². The predicted molar refractivity (Wildman–Crippen MR) is 94.6 cm³/mol. The standard InChI is InChI=1S/C19H13BrFNO3/c1-2-9-22-16-8-5-13(20)10-15(16)19(25,18(22)24)11-17(23)12-3-6-14(21)7-4-12/h1,3-8,10,25H,9,11H2/t19-/m1/s1. The molecule has 25 heavy (non-hydrogen) atoms. The van der Waals surface area contributed by atoms with Crippen LogP contribution in [0.25, 0.3) is 0 Å². The molecule has 1 atom stereocenters. The Kier molecular flexibility index (Phi) is 4.46. The second-order valence-corrected chi connectivity index (χ2v) is 6.64. The third-order valence-electron chi connectivity index (χ3n) is 4.13. The van der Waals surface area contributed by atoms with Crippen molar-refractivity contribution < 1.29 is 19.1 Å². The number of carbonyl (C=O) groups excluding carboxylic acids is 2. The van der Waals surface area contributed by atoms with Crippen LogP contribution in [0.15, 0.2) is 46.9 Å². The zero-order valence-corrected chi connectivity index (χ0v) is 14.6. The summed E-state index contributed by atoms with van der Waals surface area (Å²) in [6.45, 7) is -0.0134. The molecule has 1 amide bonds. The summed E-state index contributed by atoms with van der Waals surface area (Å²) in [5.41, 5.74) is -1.01. The lowest BCUT2D eigenvalue weighted by atomic mass is 9.88. The number of terminal acetylenes is 1. The van der Waals surface area contributed by atoms with Gasteiger partial charge in [0.25, 0.3) is 5.91 Å². The number of fused-ring (bicyclic) bond motifs is 1. The minimum atomic E-state index is -2.01. The maximum atomic E-state index is 13.0. The van der Waals surface area contributed by atoms with E-state index >= 15 is 0 Å². The molecular weight excluding hydrogens is 389 g/mol. The number of anilines is 1. The maximum Gasteiger partial charge on any atom is 0.265 e. The average Bonchev–Trinajstić information content (AvgIpc) is 2.77. The van der Waals surface area contributed by atoms with E-state index in [9.17, 15) is 19.1 Å². The molecule has 0 aliphatic carbocycles. The molecule has 126 valence electrons. The highest BCUT2D eigenvalue weighted by atomic mass is 79.9. The molecule has 0 unspecified atom stereocenters. The smallest absolute Gasteiger partial charge is 0.265 e. The van der Waals surface area contributed by atoms with Gasteiger partial charge in [0, 0.05) is 15.6 Å². The van der Waals surface area contributed by atoms with Crippen molar-refractivity contribution >= 4 is 33.3 Å². The summed E-state index contributed by atoms with van der Waals surface area (Å²) in [6, 6.07) is 9.94. The second-order valence-electron chi connectivity index (χ2n) is 5.72. The van der Waals surface area contributed by atoms with Crippen LogP contribution >= 0.6 is 15.9 Å². The molecule has 4 nitrogen and oxygen atoms in total. The van der Waals surface area contributed by atoms with Gasteiger partial charge in [-0.05, 0) is 42.5 Å². The van der Waals surface area contributed by atoms with Crippen LogP contribution in [0.3, 0.4) is 0 Å². The van der Waals surface area contributed by atoms with Crippen molar-refractivity contribution in [1.82, 2.24) is 0 Å². The first-order chi connectivity index (χ1) is 11.9. The Morgan fingerprint density at radius 3 is 2.60 bits per heavy atom. The normalized spacial score (nSPS) is 18.8. The fourth-order valence-corrected chi connectivity index (χ4v) is 3.27. The minimum Gasteiger partial charge on any atom is -0.375 e. The average molecular weight is 402 g/mol. The molecular formula is C19H13BrFNO3. The highest BCUT2D eigenvalue weighted by Crippen LogP contribution is 2.43. The number of nitrogens with zero attached hydrogens (tertiary/aromatic N) is 1. The van der Waals surface area contributed by atoms with Crippen molar-refractivity contribution in [2.75, 3.05) is 11.4 Å². The second kappa shape index (κ2) is 6.43. The lowest BCUT2D eigenvalue weighted by Gasteiger charge is -2.22. The van der Waals surface area contributed by atoms with Crippen molar-refractivity contribution in [3.8, 4) is 12.3 Å². The molecule has 0 radical (unpaired) electrons. The summed E-state index contributed by atoms with van der Waals surface area (Å²) < 4.78 is 13.7. The van der Waals surface area contributed by atoms with E-state index in [1.54, 1.807) is 18.2 Å². The lowest BCUT2D eigenvalue weighted by molar-refractivity contribution is -0.135. The molecule has 0 aromatic heterocycles. The summed E-state index contributed by atoms with van der Waals surface area (Å²) in [4.78, 5) is 26.6. The predicted octanol–water partition coefficient (Wildman–Crippen LogP) is 3.03. The summed E-state index contributed by atoms with van der Waals surface area (Å²) in [5.74, 6) is 0.797. The van der Waals surface area contributed by atoms with E-state index in [-0.39, 0.29) is 12.1 Å². The highest BCUT2D eigenvalue weighted by molar-refractivity contribution is 9.10. The molecule has 1 aliphatic rings. The largest absolute Gasteiger partial charge is 0.375 e. The van der Waals surface area contributed by atoms with Crippen LogP contribution in [0.2, 0.25) is 0 Å². The van der Waals surface area contributed by atoms with Gasteiger partial charge in [0.1, 0.15) is 5.82 Å². The number of Topliss-reactive ketones (excluding diaryl/α,β-unsaturated/α-hetero) is 1. The maximum absolute atomic E-state index is 13.0. The Morgan fingerprint density at radius 1 is 1.28 bits per heavy atom. The van der Waals surface area contributed by atoms with Gasteiger partial charge in [0.2, 0.25) is 0 Å². The van der Waals surface area contributed by atoms with Crippen LogP contribution in [0.1, 0.15) is 22.3 Å². The van der Waals surface area contributed by atoms with Gasteiger partial charge >= 0.3 is 0 Å². The number of amides is 1. The third-order valence-corrected chi connectivity index (χ3v) is 4.62. The fraction of sp³-hybridized carbons (Fsp3) is 0.158. The van der Waals surface area contributed by atoms with Gasteiger partial charge < -0.3 is 5.11 Å². The quantitative estimate of drug-likeness (QED) is 0.632. The van der Waals surface area contributed by atoms with Crippen molar-refractivity contribution in [2.45, 2.75) is 12.0 Å². The van der Waals surface area contributed by atoms with Crippen LogP contribution in [-0.2, 0) is 10.4 Å². The zero-order valence-electron chi connectivity index (χ0n) is 13.0. The molecule has 1 heterocycles. The number of hydrogen-bond acceptors (Lipinski definition) is 3. The van der Waals surface area contributed by atoms with E-state index in [1.807, 2.05) is 0 Å². The number of benzene rings is 2. The van der Waals surface area contributed by atoms with Gasteiger partial charge in [0.05, 0.1) is 18.7 Å². The molecule has 2 aromatic carbocycles. The number of hydrogen-bond donors (Lipinski definition) is 1. The number of rotatable bonds is 4. The molecule has 0 saturated heterocycles. The first kappa shape index (κ1) is 17.3. The van der Waals surface area contributed by atoms with E-state index in [4.69, 9.17) is 6.42 Å². The van der Waals surface area contributed by atoms with Crippen LogP contribution in [-0.4, -0.2) is 23.3 Å². The Morgan fingerprint density at radius 2 is 1.96 bits per heavy atom. The number of carbonyl (C=O) groups is 2. The summed E-state index contributed by atoms with van der Waals surface area (Å²) in [7, 11) is 0. The Labute approximate surface area is 152 Å². The number of aliphatic hydroxyl groups is 1. The monoisotopic (exact) mass is 401 g/mol. The third kappa shape index (κ3) is 2.97. The van der Waals surface area contributed by atoms with Gasteiger partial charge in [-0.15, -0.1) is 6.42 Å². The van der Waals surface area contributed by atoms with E-state index in [1.165, 1.54) is 17.0 Å². The van der Waals surface area contributed by atoms with Crippen molar-refractivity contribution in [2.24, 2.45) is 0 Å². The van der Waals surface area contributed by atoms with Crippen LogP contribution in [0.5, 0.6) is 0 Å². The number of ketones is 1. The first-order valence-electron chi connectivity index (χ1n) is 7.43.